The van der Waals surface area contributed by atoms with E-state index in [1.54, 1.807) is 0 Å². The predicted molar refractivity (Wildman–Crippen MR) is 88.6 cm³/mol. The van der Waals surface area contributed by atoms with Gasteiger partial charge in [-0.05, 0) is 19.3 Å². The lowest BCUT2D eigenvalue weighted by atomic mass is 10.0. The molecule has 2 N–H and O–H groups in total. The zero-order valence-electron chi connectivity index (χ0n) is 14.0. The second-order valence-corrected chi connectivity index (χ2v) is 6.26. The molecule has 3 nitrogen and oxygen atoms in total. The van der Waals surface area contributed by atoms with Gasteiger partial charge in [-0.25, -0.2) is 0 Å². The lowest BCUT2D eigenvalue weighted by molar-refractivity contribution is -0.137. The second kappa shape index (κ2) is 15.8. The van der Waals surface area contributed by atoms with E-state index in [1.165, 1.54) is 38.5 Å². The molecule has 0 saturated carbocycles. The van der Waals surface area contributed by atoms with Gasteiger partial charge in [0, 0.05) is 6.42 Å². The van der Waals surface area contributed by atoms with Crippen LogP contribution in [-0.2, 0) is 4.79 Å². The number of hydrogen-bond donors (Lipinski definition) is 2. The highest BCUT2D eigenvalue weighted by atomic mass is 16.4. The molecular formula is C18H36O3. The zero-order chi connectivity index (χ0) is 15.8. The van der Waals surface area contributed by atoms with Crippen LogP contribution in [0.25, 0.3) is 0 Å². The first-order valence-electron chi connectivity index (χ1n) is 9.06. The van der Waals surface area contributed by atoms with E-state index in [2.05, 4.69) is 6.92 Å². The Hall–Kier alpha value is -0.570. The monoisotopic (exact) mass is 300 g/mol. The molecule has 0 rings (SSSR count). The van der Waals surface area contributed by atoms with E-state index in [9.17, 15) is 9.90 Å². The van der Waals surface area contributed by atoms with Crippen LogP contribution in [0.2, 0.25) is 0 Å². The summed E-state index contributed by atoms with van der Waals surface area (Å²) in [6.07, 6.45) is 16.2. The van der Waals surface area contributed by atoms with Crippen molar-refractivity contribution >= 4 is 5.97 Å². The van der Waals surface area contributed by atoms with E-state index < -0.39 is 5.97 Å². The molecule has 0 aromatic heterocycles. The number of carbonyl (C=O) groups is 1. The Balaban J connectivity index is 3.16. The van der Waals surface area contributed by atoms with Crippen LogP contribution < -0.4 is 0 Å². The molecule has 126 valence electrons. The molecule has 0 saturated heterocycles. The van der Waals surface area contributed by atoms with E-state index in [1.807, 2.05) is 0 Å². The van der Waals surface area contributed by atoms with Gasteiger partial charge in [-0.1, -0.05) is 77.6 Å². The highest BCUT2D eigenvalue weighted by molar-refractivity contribution is 5.66. The van der Waals surface area contributed by atoms with Gasteiger partial charge >= 0.3 is 5.97 Å². The van der Waals surface area contributed by atoms with Crippen LogP contribution in [0.3, 0.4) is 0 Å². The maximum Gasteiger partial charge on any atom is 0.303 e. The third-order valence-corrected chi connectivity index (χ3v) is 4.07. The number of unbranched alkanes of at least 4 members (excludes halogenated alkanes) is 10. The molecule has 3 heteroatoms. The summed E-state index contributed by atoms with van der Waals surface area (Å²) in [7, 11) is 0. The van der Waals surface area contributed by atoms with Crippen molar-refractivity contribution in [3.8, 4) is 0 Å². The third kappa shape index (κ3) is 17.4. The molecular weight excluding hydrogens is 264 g/mol. The fourth-order valence-electron chi connectivity index (χ4n) is 2.67. The Morgan fingerprint density at radius 3 is 1.67 bits per heavy atom. The summed E-state index contributed by atoms with van der Waals surface area (Å²) in [6.45, 7) is 2.24. The van der Waals surface area contributed by atoms with Gasteiger partial charge in [0.05, 0.1) is 6.10 Å². The van der Waals surface area contributed by atoms with Gasteiger partial charge in [-0.15, -0.1) is 0 Å². The minimum absolute atomic E-state index is 0.125. The quantitative estimate of drug-likeness (QED) is 0.380. The smallest absolute Gasteiger partial charge is 0.303 e. The van der Waals surface area contributed by atoms with Gasteiger partial charge in [0.15, 0.2) is 0 Å². The molecule has 0 bridgehead atoms. The lowest BCUT2D eigenvalue weighted by Crippen LogP contribution is -2.05. The molecule has 0 heterocycles. The number of aliphatic carboxylic acids is 1. The summed E-state index contributed by atoms with van der Waals surface area (Å²) in [5.74, 6) is -0.694. The number of carboxylic acids is 1. The van der Waals surface area contributed by atoms with Crippen LogP contribution >= 0.6 is 0 Å². The molecule has 0 fully saturated rings. The molecule has 21 heavy (non-hydrogen) atoms. The van der Waals surface area contributed by atoms with E-state index in [-0.39, 0.29) is 6.10 Å². The van der Waals surface area contributed by atoms with Gasteiger partial charge < -0.3 is 10.2 Å². The fraction of sp³-hybridized carbons (Fsp3) is 0.944. The first-order chi connectivity index (χ1) is 10.2. The van der Waals surface area contributed by atoms with Gasteiger partial charge in [0.1, 0.15) is 0 Å². The first-order valence-corrected chi connectivity index (χ1v) is 9.06. The summed E-state index contributed by atoms with van der Waals surface area (Å²) in [5.41, 5.74) is 0. The van der Waals surface area contributed by atoms with Crippen molar-refractivity contribution in [1.29, 1.82) is 0 Å². The minimum atomic E-state index is -0.694. The lowest BCUT2D eigenvalue weighted by Gasteiger charge is -2.10. The highest BCUT2D eigenvalue weighted by Crippen LogP contribution is 2.14. The van der Waals surface area contributed by atoms with Crippen molar-refractivity contribution in [2.75, 3.05) is 0 Å². The topological polar surface area (TPSA) is 57.5 Å². The van der Waals surface area contributed by atoms with Gasteiger partial charge in [-0.3, -0.25) is 4.79 Å². The SMILES string of the molecule is CCCCCCCCC[C@@H](O)CCCCCCCC(=O)O. The van der Waals surface area contributed by atoms with Crippen molar-refractivity contribution in [1.82, 2.24) is 0 Å². The molecule has 0 radical (unpaired) electrons. The Bertz CT molecular complexity index is 229. The molecule has 0 spiro atoms. The van der Waals surface area contributed by atoms with Crippen LogP contribution in [-0.4, -0.2) is 22.3 Å². The first kappa shape index (κ1) is 20.4. The van der Waals surface area contributed by atoms with E-state index in [4.69, 9.17) is 5.11 Å². The maximum atomic E-state index is 10.3. The maximum absolute atomic E-state index is 10.3. The van der Waals surface area contributed by atoms with Gasteiger partial charge in [0.2, 0.25) is 0 Å². The molecule has 0 aliphatic rings. The van der Waals surface area contributed by atoms with Crippen molar-refractivity contribution in [2.24, 2.45) is 0 Å². The van der Waals surface area contributed by atoms with Crippen LogP contribution in [0.1, 0.15) is 103 Å². The Kier molecular flexibility index (Phi) is 15.4. The van der Waals surface area contributed by atoms with E-state index in [0.717, 1.165) is 51.4 Å². The average molecular weight is 300 g/mol. The summed E-state index contributed by atoms with van der Waals surface area (Å²) in [6, 6.07) is 0. The number of aliphatic hydroxyl groups excluding tert-OH is 1. The normalized spacial score (nSPS) is 12.5. The largest absolute Gasteiger partial charge is 0.481 e. The number of rotatable bonds is 16. The Labute approximate surface area is 131 Å². The zero-order valence-corrected chi connectivity index (χ0v) is 14.0. The van der Waals surface area contributed by atoms with Crippen LogP contribution in [0.5, 0.6) is 0 Å². The standard InChI is InChI=1S/C18H36O3/c1-2-3-4-5-6-8-11-14-17(19)15-12-9-7-10-13-16-18(20)21/h17,19H,2-16H2,1H3,(H,20,21)/t17-/m1/s1. The second-order valence-electron chi connectivity index (χ2n) is 6.26. The van der Waals surface area contributed by atoms with Crippen LogP contribution in [0.4, 0.5) is 0 Å². The predicted octanol–water partition coefficient (Wildman–Crippen LogP) is 5.30. The minimum Gasteiger partial charge on any atom is -0.481 e. The number of hydrogen-bond acceptors (Lipinski definition) is 2. The molecule has 1 atom stereocenters. The average Bonchev–Trinajstić information content (AvgIpc) is 2.45. The van der Waals surface area contributed by atoms with Crippen molar-refractivity contribution in [3.05, 3.63) is 0 Å². The Morgan fingerprint density at radius 2 is 1.19 bits per heavy atom. The molecule has 0 aromatic carbocycles. The van der Waals surface area contributed by atoms with Crippen LogP contribution in [0, 0.1) is 0 Å². The van der Waals surface area contributed by atoms with Crippen molar-refractivity contribution < 1.29 is 15.0 Å². The van der Waals surface area contributed by atoms with Gasteiger partial charge in [-0.2, -0.15) is 0 Å². The molecule has 0 aromatic rings. The molecule has 0 amide bonds. The van der Waals surface area contributed by atoms with Crippen molar-refractivity contribution in [3.63, 3.8) is 0 Å². The molecule has 0 aliphatic heterocycles. The van der Waals surface area contributed by atoms with Gasteiger partial charge in [0.25, 0.3) is 0 Å². The summed E-state index contributed by atoms with van der Waals surface area (Å²) >= 11 is 0. The third-order valence-electron chi connectivity index (χ3n) is 4.07. The summed E-state index contributed by atoms with van der Waals surface area (Å²) < 4.78 is 0. The van der Waals surface area contributed by atoms with E-state index >= 15 is 0 Å². The number of carboxylic acid groups (broad SMARTS) is 1. The molecule has 0 unspecified atom stereocenters. The van der Waals surface area contributed by atoms with E-state index in [0.29, 0.717) is 6.42 Å². The number of aliphatic hydroxyl groups is 1. The molecule has 0 aliphatic carbocycles. The highest BCUT2D eigenvalue weighted by Gasteiger charge is 2.04. The fourth-order valence-corrected chi connectivity index (χ4v) is 2.67. The van der Waals surface area contributed by atoms with Crippen LogP contribution in [0.15, 0.2) is 0 Å². The Morgan fingerprint density at radius 1 is 0.762 bits per heavy atom. The van der Waals surface area contributed by atoms with Crippen molar-refractivity contribution in [2.45, 2.75) is 109 Å². The summed E-state index contributed by atoms with van der Waals surface area (Å²) in [5, 5.41) is 18.4. The summed E-state index contributed by atoms with van der Waals surface area (Å²) in [4.78, 5) is 10.3.